The van der Waals surface area contributed by atoms with Crippen LogP contribution in [0.4, 0.5) is 5.69 Å². The summed E-state index contributed by atoms with van der Waals surface area (Å²) in [4.78, 5) is 12.3. The van der Waals surface area contributed by atoms with Crippen LogP contribution in [0.3, 0.4) is 0 Å². The Labute approximate surface area is 155 Å². The van der Waals surface area contributed by atoms with E-state index in [9.17, 15) is 4.79 Å². The molecular weight excluding hydrogens is 330 g/mol. The highest BCUT2D eigenvalue weighted by Crippen LogP contribution is 2.26. The molecule has 140 valence electrons. The average molecular weight is 357 g/mol. The van der Waals surface area contributed by atoms with Gasteiger partial charge in [0.15, 0.2) is 0 Å². The van der Waals surface area contributed by atoms with Gasteiger partial charge in [-0.25, -0.2) is 0 Å². The summed E-state index contributed by atoms with van der Waals surface area (Å²) in [5.41, 5.74) is 2.73. The molecule has 0 radical (unpaired) electrons. The predicted octanol–water partition coefficient (Wildman–Crippen LogP) is 4.37. The first-order valence-corrected chi connectivity index (χ1v) is 8.81. The van der Waals surface area contributed by atoms with Crippen molar-refractivity contribution in [1.29, 1.82) is 0 Å². The maximum absolute atomic E-state index is 12.3. The number of rotatable bonds is 9. The lowest BCUT2D eigenvalue weighted by Crippen LogP contribution is -2.13. The fraction of sp³-hybridized carbons (Fsp3) is 0.381. The van der Waals surface area contributed by atoms with Gasteiger partial charge in [-0.1, -0.05) is 6.92 Å². The molecule has 0 aromatic heterocycles. The van der Waals surface area contributed by atoms with Gasteiger partial charge < -0.3 is 19.5 Å². The van der Waals surface area contributed by atoms with Crippen molar-refractivity contribution in [3.05, 3.63) is 47.5 Å². The van der Waals surface area contributed by atoms with Crippen molar-refractivity contribution in [3.63, 3.8) is 0 Å². The third-order valence-corrected chi connectivity index (χ3v) is 4.05. The van der Waals surface area contributed by atoms with Crippen LogP contribution in [0.15, 0.2) is 36.4 Å². The molecule has 0 aliphatic carbocycles. The van der Waals surface area contributed by atoms with Crippen LogP contribution in [0.2, 0.25) is 0 Å². The number of aryl methyl sites for hydroxylation is 2. The van der Waals surface area contributed by atoms with Crippen molar-refractivity contribution < 1.29 is 19.0 Å². The molecule has 0 atom stereocenters. The first kappa shape index (κ1) is 19.6. The summed E-state index contributed by atoms with van der Waals surface area (Å²) in [7, 11) is 3.24. The number of methoxy groups -OCH3 is 2. The van der Waals surface area contributed by atoms with Gasteiger partial charge in [-0.05, 0) is 67.3 Å². The van der Waals surface area contributed by atoms with Crippen molar-refractivity contribution in [1.82, 2.24) is 0 Å². The molecule has 0 saturated heterocycles. The summed E-state index contributed by atoms with van der Waals surface area (Å²) in [6.07, 6.45) is 1.89. The minimum Gasteiger partial charge on any atom is -0.497 e. The lowest BCUT2D eigenvalue weighted by Gasteiger charge is -2.12. The Morgan fingerprint density at radius 3 is 2.46 bits per heavy atom. The number of ether oxygens (including phenoxy) is 3. The highest BCUT2D eigenvalue weighted by atomic mass is 16.5. The zero-order valence-electron chi connectivity index (χ0n) is 15.9. The normalized spacial score (nSPS) is 10.3. The van der Waals surface area contributed by atoms with E-state index in [1.54, 1.807) is 14.2 Å². The van der Waals surface area contributed by atoms with Crippen molar-refractivity contribution >= 4 is 11.6 Å². The predicted molar refractivity (Wildman–Crippen MR) is 103 cm³/mol. The third kappa shape index (κ3) is 5.41. The van der Waals surface area contributed by atoms with Gasteiger partial charge in [0.2, 0.25) is 5.91 Å². The van der Waals surface area contributed by atoms with Crippen LogP contribution >= 0.6 is 0 Å². The zero-order valence-corrected chi connectivity index (χ0v) is 15.9. The third-order valence-electron chi connectivity index (χ3n) is 4.05. The highest BCUT2D eigenvalue weighted by Gasteiger charge is 2.10. The monoisotopic (exact) mass is 357 g/mol. The van der Waals surface area contributed by atoms with Crippen LogP contribution in [-0.4, -0.2) is 26.7 Å². The maximum Gasteiger partial charge on any atom is 0.224 e. The quantitative estimate of drug-likeness (QED) is 0.724. The molecule has 5 heteroatoms. The van der Waals surface area contributed by atoms with Crippen molar-refractivity contribution in [2.45, 2.75) is 33.1 Å². The molecule has 0 spiro atoms. The molecule has 0 aliphatic rings. The van der Waals surface area contributed by atoms with Crippen LogP contribution in [0.5, 0.6) is 17.2 Å². The minimum absolute atomic E-state index is 0.0415. The van der Waals surface area contributed by atoms with Gasteiger partial charge in [0.1, 0.15) is 17.2 Å². The molecule has 5 nitrogen and oxygen atoms in total. The standard InChI is InChI=1S/C21H27NO4/c1-5-12-26-18-7-9-19(15(2)13-18)22-21(23)11-6-16-14-17(24-3)8-10-20(16)25-4/h7-10,13-14H,5-6,11-12H2,1-4H3,(H,22,23). The van der Waals surface area contributed by atoms with Crippen LogP contribution in [0.25, 0.3) is 0 Å². The second kappa shape index (κ2) is 9.70. The molecule has 0 unspecified atom stereocenters. The number of nitrogens with one attached hydrogen (secondary N) is 1. The summed E-state index contributed by atoms with van der Waals surface area (Å²) in [5.74, 6) is 2.29. The van der Waals surface area contributed by atoms with E-state index in [0.717, 1.165) is 40.5 Å². The summed E-state index contributed by atoms with van der Waals surface area (Å²) >= 11 is 0. The topological polar surface area (TPSA) is 56.8 Å². The first-order valence-electron chi connectivity index (χ1n) is 8.81. The van der Waals surface area contributed by atoms with Gasteiger partial charge >= 0.3 is 0 Å². The number of carbonyl (C=O) groups excluding carboxylic acids is 1. The highest BCUT2D eigenvalue weighted by molar-refractivity contribution is 5.91. The molecule has 0 heterocycles. The molecule has 26 heavy (non-hydrogen) atoms. The molecule has 0 aliphatic heterocycles. The van der Waals surface area contributed by atoms with Crippen molar-refractivity contribution in [3.8, 4) is 17.2 Å². The Balaban J connectivity index is 1.97. The molecule has 2 aromatic carbocycles. The number of benzene rings is 2. The number of hydrogen-bond donors (Lipinski definition) is 1. The average Bonchev–Trinajstić information content (AvgIpc) is 2.66. The Bertz CT molecular complexity index is 743. The number of anilines is 1. The Morgan fingerprint density at radius 2 is 1.81 bits per heavy atom. The molecule has 0 fully saturated rings. The Hall–Kier alpha value is -2.69. The summed E-state index contributed by atoms with van der Waals surface area (Å²) in [6, 6.07) is 11.3. The smallest absolute Gasteiger partial charge is 0.224 e. The van der Waals surface area contributed by atoms with Crippen molar-refractivity contribution in [2.75, 3.05) is 26.1 Å². The lowest BCUT2D eigenvalue weighted by molar-refractivity contribution is -0.116. The number of carbonyl (C=O) groups is 1. The van der Waals surface area contributed by atoms with Gasteiger partial charge in [-0.3, -0.25) is 4.79 Å². The summed E-state index contributed by atoms with van der Waals surface area (Å²) in [5, 5.41) is 2.96. The van der Waals surface area contributed by atoms with Gasteiger partial charge in [-0.2, -0.15) is 0 Å². The number of amides is 1. The molecule has 0 saturated carbocycles. The van der Waals surface area contributed by atoms with E-state index in [4.69, 9.17) is 14.2 Å². The fourth-order valence-corrected chi connectivity index (χ4v) is 2.62. The van der Waals surface area contributed by atoms with Gasteiger partial charge in [0, 0.05) is 12.1 Å². The largest absolute Gasteiger partial charge is 0.497 e. The van der Waals surface area contributed by atoms with E-state index >= 15 is 0 Å². The van der Waals surface area contributed by atoms with Crippen LogP contribution in [-0.2, 0) is 11.2 Å². The minimum atomic E-state index is -0.0415. The lowest BCUT2D eigenvalue weighted by atomic mass is 10.1. The van der Waals surface area contributed by atoms with Crippen molar-refractivity contribution in [2.24, 2.45) is 0 Å². The first-order chi connectivity index (χ1) is 12.6. The number of hydrogen-bond acceptors (Lipinski definition) is 4. The molecule has 2 rings (SSSR count). The Morgan fingerprint density at radius 1 is 1.04 bits per heavy atom. The summed E-state index contributed by atoms with van der Waals surface area (Å²) < 4.78 is 16.2. The second-order valence-electron chi connectivity index (χ2n) is 6.05. The molecule has 0 bridgehead atoms. The molecule has 1 amide bonds. The fourth-order valence-electron chi connectivity index (χ4n) is 2.62. The van der Waals surface area contributed by atoms with E-state index in [1.165, 1.54) is 0 Å². The van der Waals surface area contributed by atoms with Gasteiger partial charge in [0.25, 0.3) is 0 Å². The molecule has 2 aromatic rings. The van der Waals surface area contributed by atoms with Gasteiger partial charge in [0.05, 0.1) is 20.8 Å². The van der Waals surface area contributed by atoms with E-state index in [-0.39, 0.29) is 5.91 Å². The Kier molecular flexibility index (Phi) is 7.33. The maximum atomic E-state index is 12.3. The second-order valence-corrected chi connectivity index (χ2v) is 6.05. The van der Waals surface area contributed by atoms with E-state index < -0.39 is 0 Å². The van der Waals surface area contributed by atoms with Gasteiger partial charge in [-0.15, -0.1) is 0 Å². The van der Waals surface area contributed by atoms with Crippen LogP contribution in [0.1, 0.15) is 30.9 Å². The zero-order chi connectivity index (χ0) is 18.9. The van der Waals surface area contributed by atoms with E-state index in [2.05, 4.69) is 12.2 Å². The van der Waals surface area contributed by atoms with E-state index in [0.29, 0.717) is 19.4 Å². The van der Waals surface area contributed by atoms with Crippen LogP contribution < -0.4 is 19.5 Å². The molecule has 1 N–H and O–H groups in total. The summed E-state index contributed by atoms with van der Waals surface area (Å²) in [6.45, 7) is 4.71. The SMILES string of the molecule is CCCOc1ccc(NC(=O)CCc2cc(OC)ccc2OC)c(C)c1. The van der Waals surface area contributed by atoms with Crippen LogP contribution in [0, 0.1) is 6.92 Å². The van der Waals surface area contributed by atoms with E-state index in [1.807, 2.05) is 43.3 Å². The molecular formula is C21H27NO4.